The third-order valence-electron chi connectivity index (χ3n) is 6.65. The molecule has 0 aliphatic carbocycles. The van der Waals surface area contributed by atoms with Crippen LogP contribution in [0.2, 0.25) is 0 Å². The number of nitrogens with one attached hydrogen (secondary N) is 2. The Morgan fingerprint density at radius 1 is 0.879 bits per heavy atom. The predicted octanol–water partition coefficient (Wildman–Crippen LogP) is 3.81. The number of aryl methyl sites for hydroxylation is 1. The van der Waals surface area contributed by atoms with Crippen LogP contribution < -0.4 is 10.6 Å². The molecule has 0 saturated carbocycles. The zero-order valence-electron chi connectivity index (χ0n) is 20.0. The Hall–Kier alpha value is -3.15. The van der Waals surface area contributed by atoms with Gasteiger partial charge in [0, 0.05) is 30.3 Å². The van der Waals surface area contributed by atoms with Gasteiger partial charge in [0.1, 0.15) is 6.04 Å². The van der Waals surface area contributed by atoms with Crippen LogP contribution >= 0.6 is 0 Å². The topological polar surface area (TPSA) is 78.5 Å². The Balaban J connectivity index is 1.72. The van der Waals surface area contributed by atoms with Gasteiger partial charge in [0.05, 0.1) is 0 Å². The highest BCUT2D eigenvalue weighted by Gasteiger charge is 2.35. The van der Waals surface area contributed by atoms with Gasteiger partial charge in [0.2, 0.25) is 5.91 Å². The van der Waals surface area contributed by atoms with Crippen molar-refractivity contribution in [1.29, 1.82) is 0 Å². The van der Waals surface area contributed by atoms with Crippen molar-refractivity contribution in [3.05, 3.63) is 71.3 Å². The molecule has 0 bridgehead atoms. The van der Waals surface area contributed by atoms with Gasteiger partial charge >= 0.3 is 0 Å². The Labute approximate surface area is 196 Å². The van der Waals surface area contributed by atoms with Crippen LogP contribution in [0.15, 0.2) is 54.6 Å². The number of likely N-dealkylation sites (tertiary alicyclic amines) is 1. The van der Waals surface area contributed by atoms with Gasteiger partial charge in [-0.05, 0) is 62.3 Å². The molecule has 2 aromatic rings. The second-order valence-electron chi connectivity index (χ2n) is 9.30. The highest BCUT2D eigenvalue weighted by molar-refractivity contribution is 5.99. The third-order valence-corrected chi connectivity index (χ3v) is 6.65. The van der Waals surface area contributed by atoms with Crippen LogP contribution in [0.4, 0.5) is 0 Å². The molecule has 6 nitrogen and oxygen atoms in total. The van der Waals surface area contributed by atoms with Gasteiger partial charge in [-0.25, -0.2) is 0 Å². The van der Waals surface area contributed by atoms with Crippen LogP contribution in [0, 0.1) is 18.8 Å². The third kappa shape index (κ3) is 6.21. The Bertz CT molecular complexity index is 966. The van der Waals surface area contributed by atoms with Crippen molar-refractivity contribution in [2.45, 2.75) is 52.6 Å². The zero-order chi connectivity index (χ0) is 24.0. The van der Waals surface area contributed by atoms with Crippen LogP contribution in [0.5, 0.6) is 0 Å². The molecule has 1 aliphatic rings. The van der Waals surface area contributed by atoms with E-state index < -0.39 is 6.04 Å². The molecule has 1 saturated heterocycles. The highest BCUT2D eigenvalue weighted by atomic mass is 16.2. The lowest BCUT2D eigenvalue weighted by molar-refractivity contribution is -0.125. The first-order chi connectivity index (χ1) is 15.8. The molecular formula is C27H35N3O3. The average molecular weight is 450 g/mol. The molecule has 176 valence electrons. The SMILES string of the molecule is Cc1ccccc1C(=O)N[C@H](C(=O)N[C@H](C)C(C)C)C1CCN(C(=O)c2ccccc2)CC1. The Morgan fingerprint density at radius 2 is 1.48 bits per heavy atom. The Morgan fingerprint density at radius 3 is 2.09 bits per heavy atom. The minimum absolute atomic E-state index is 0.00453. The summed E-state index contributed by atoms with van der Waals surface area (Å²) in [7, 11) is 0. The van der Waals surface area contributed by atoms with E-state index in [4.69, 9.17) is 0 Å². The summed E-state index contributed by atoms with van der Waals surface area (Å²) in [5.41, 5.74) is 2.11. The first-order valence-corrected chi connectivity index (χ1v) is 11.8. The van der Waals surface area contributed by atoms with Crippen LogP contribution in [0.3, 0.4) is 0 Å². The second-order valence-corrected chi connectivity index (χ2v) is 9.30. The lowest BCUT2D eigenvalue weighted by atomic mass is 9.87. The van der Waals surface area contributed by atoms with Gasteiger partial charge < -0.3 is 15.5 Å². The van der Waals surface area contributed by atoms with Crippen LogP contribution in [0.1, 0.15) is 59.9 Å². The van der Waals surface area contributed by atoms with E-state index >= 15 is 0 Å². The van der Waals surface area contributed by atoms with E-state index in [2.05, 4.69) is 24.5 Å². The number of amides is 3. The summed E-state index contributed by atoms with van der Waals surface area (Å²) in [6, 6.07) is 16.0. The number of carbonyl (C=O) groups is 3. The predicted molar refractivity (Wildman–Crippen MR) is 130 cm³/mol. The number of rotatable bonds is 7. The number of nitrogens with zero attached hydrogens (tertiary/aromatic N) is 1. The molecule has 33 heavy (non-hydrogen) atoms. The van der Waals surface area contributed by atoms with E-state index in [9.17, 15) is 14.4 Å². The molecule has 2 atom stereocenters. The summed E-state index contributed by atoms with van der Waals surface area (Å²) in [4.78, 5) is 40.9. The van der Waals surface area contributed by atoms with Gasteiger partial charge in [0.25, 0.3) is 11.8 Å². The van der Waals surface area contributed by atoms with Gasteiger partial charge in [-0.2, -0.15) is 0 Å². The maximum absolute atomic E-state index is 13.2. The average Bonchev–Trinajstić information content (AvgIpc) is 2.82. The van der Waals surface area contributed by atoms with E-state index in [1.54, 1.807) is 6.07 Å². The fraction of sp³-hybridized carbons (Fsp3) is 0.444. The smallest absolute Gasteiger partial charge is 0.253 e. The fourth-order valence-corrected chi connectivity index (χ4v) is 4.12. The molecule has 1 heterocycles. The van der Waals surface area contributed by atoms with E-state index in [0.717, 1.165) is 5.56 Å². The first kappa shape index (κ1) is 24.5. The molecule has 0 spiro atoms. The fourth-order valence-electron chi connectivity index (χ4n) is 4.12. The monoisotopic (exact) mass is 449 g/mol. The molecule has 6 heteroatoms. The molecule has 2 N–H and O–H groups in total. The minimum atomic E-state index is -0.646. The molecule has 0 radical (unpaired) electrons. The summed E-state index contributed by atoms with van der Waals surface area (Å²) in [5.74, 6) is -0.157. The van der Waals surface area contributed by atoms with Gasteiger partial charge in [-0.1, -0.05) is 50.2 Å². The minimum Gasteiger partial charge on any atom is -0.352 e. The van der Waals surface area contributed by atoms with Crippen molar-refractivity contribution in [2.24, 2.45) is 11.8 Å². The normalized spacial score (nSPS) is 16.2. The number of carbonyl (C=O) groups excluding carboxylic acids is 3. The summed E-state index contributed by atoms with van der Waals surface area (Å²) in [5, 5.41) is 6.08. The van der Waals surface area contributed by atoms with Crippen molar-refractivity contribution in [2.75, 3.05) is 13.1 Å². The lowest BCUT2D eigenvalue weighted by Gasteiger charge is -2.36. The lowest BCUT2D eigenvalue weighted by Crippen LogP contribution is -2.55. The van der Waals surface area contributed by atoms with Crippen molar-refractivity contribution in [1.82, 2.24) is 15.5 Å². The quantitative estimate of drug-likeness (QED) is 0.675. The maximum atomic E-state index is 13.2. The summed E-state index contributed by atoms with van der Waals surface area (Å²) < 4.78 is 0. The van der Waals surface area contributed by atoms with E-state index in [1.165, 1.54) is 0 Å². The van der Waals surface area contributed by atoms with Crippen LogP contribution in [-0.4, -0.2) is 47.8 Å². The molecule has 0 aromatic heterocycles. The van der Waals surface area contributed by atoms with Crippen molar-refractivity contribution < 1.29 is 14.4 Å². The van der Waals surface area contributed by atoms with E-state index in [0.29, 0.717) is 37.1 Å². The highest BCUT2D eigenvalue weighted by Crippen LogP contribution is 2.23. The largest absolute Gasteiger partial charge is 0.352 e. The van der Waals surface area contributed by atoms with E-state index in [1.807, 2.05) is 67.3 Å². The van der Waals surface area contributed by atoms with Crippen LogP contribution in [0.25, 0.3) is 0 Å². The van der Waals surface area contributed by atoms with E-state index in [-0.39, 0.29) is 35.6 Å². The van der Waals surface area contributed by atoms with Gasteiger partial charge in [-0.15, -0.1) is 0 Å². The molecule has 0 unspecified atom stereocenters. The zero-order valence-corrected chi connectivity index (χ0v) is 20.0. The van der Waals surface area contributed by atoms with Gasteiger partial charge in [-0.3, -0.25) is 14.4 Å². The number of hydrogen-bond acceptors (Lipinski definition) is 3. The summed E-state index contributed by atoms with van der Waals surface area (Å²) in [6.07, 6.45) is 1.31. The standard InChI is InChI=1S/C27H35N3O3/c1-18(2)20(4)28-26(32)24(29-25(31)23-13-9-8-10-19(23)3)21-14-16-30(17-15-21)27(33)22-11-6-5-7-12-22/h5-13,18,20-21,24H,14-17H2,1-4H3,(H,28,32)(H,29,31)/t20-,24+/m1/s1. The summed E-state index contributed by atoms with van der Waals surface area (Å²) >= 11 is 0. The molecule has 2 aromatic carbocycles. The maximum Gasteiger partial charge on any atom is 0.253 e. The van der Waals surface area contributed by atoms with Gasteiger partial charge in [0.15, 0.2) is 0 Å². The van der Waals surface area contributed by atoms with Crippen molar-refractivity contribution in [3.8, 4) is 0 Å². The molecule has 1 aliphatic heterocycles. The van der Waals surface area contributed by atoms with Crippen LogP contribution in [-0.2, 0) is 4.79 Å². The first-order valence-electron chi connectivity index (χ1n) is 11.8. The number of piperidine rings is 1. The second kappa shape index (κ2) is 11.1. The molecule has 1 fully saturated rings. The van der Waals surface area contributed by atoms with Crippen molar-refractivity contribution in [3.63, 3.8) is 0 Å². The molecular weight excluding hydrogens is 414 g/mol. The molecule has 3 amide bonds. The summed E-state index contributed by atoms with van der Waals surface area (Å²) in [6.45, 7) is 9.09. The molecule has 3 rings (SSSR count). The number of hydrogen-bond donors (Lipinski definition) is 2. The van der Waals surface area contributed by atoms with Crippen molar-refractivity contribution >= 4 is 17.7 Å². The Kier molecular flexibility index (Phi) is 8.26. The number of benzene rings is 2.